The summed E-state index contributed by atoms with van der Waals surface area (Å²) < 4.78 is 5.60. The van der Waals surface area contributed by atoms with Gasteiger partial charge in [0.05, 0.1) is 6.61 Å². The first-order chi connectivity index (χ1) is 6.22. The van der Waals surface area contributed by atoms with Gasteiger partial charge < -0.3 is 15.8 Å². The van der Waals surface area contributed by atoms with E-state index in [4.69, 9.17) is 10.5 Å². The van der Waals surface area contributed by atoms with Gasteiger partial charge in [-0.1, -0.05) is 0 Å². The van der Waals surface area contributed by atoms with Crippen LogP contribution >= 0.6 is 0 Å². The Morgan fingerprint density at radius 2 is 2.15 bits per heavy atom. The zero-order valence-electron chi connectivity index (χ0n) is 7.51. The highest BCUT2D eigenvalue weighted by Gasteiger charge is 2.42. The fourth-order valence-electron chi connectivity index (χ4n) is 1.92. The molecule has 0 saturated carbocycles. The molecule has 0 radical (unpaired) electrons. The number of carbonyl (C=O) groups excluding carboxylic acids is 1. The Morgan fingerprint density at radius 1 is 1.46 bits per heavy atom. The number of nitrogens with two attached hydrogens (primary N) is 1. The van der Waals surface area contributed by atoms with Crippen LogP contribution in [0.25, 0.3) is 0 Å². The molecular weight excluding hydrogens is 170 g/mol. The van der Waals surface area contributed by atoms with Crippen molar-refractivity contribution < 1.29 is 9.53 Å². The summed E-state index contributed by atoms with van der Waals surface area (Å²) in [4.78, 5) is 10.9. The minimum Gasteiger partial charge on any atom is -0.368 e. The number of piperidine rings is 1. The van der Waals surface area contributed by atoms with Crippen LogP contribution in [0.5, 0.6) is 0 Å². The zero-order valence-corrected chi connectivity index (χ0v) is 7.51. The van der Waals surface area contributed by atoms with Crippen molar-refractivity contribution in [1.29, 1.82) is 0 Å². The first-order valence-electron chi connectivity index (χ1n) is 4.64. The number of amides is 1. The minimum atomic E-state index is -0.324. The van der Waals surface area contributed by atoms with Crippen LogP contribution in [0.2, 0.25) is 0 Å². The molecule has 0 aromatic heterocycles. The molecule has 5 heteroatoms. The van der Waals surface area contributed by atoms with Gasteiger partial charge in [-0.05, 0) is 13.1 Å². The maximum atomic E-state index is 10.9. The highest BCUT2D eigenvalue weighted by atomic mass is 16.5. The van der Waals surface area contributed by atoms with Crippen LogP contribution in [0.1, 0.15) is 12.8 Å². The maximum absolute atomic E-state index is 10.9. The van der Waals surface area contributed by atoms with E-state index in [0.29, 0.717) is 6.61 Å². The largest absolute Gasteiger partial charge is 0.368 e. The summed E-state index contributed by atoms with van der Waals surface area (Å²) in [6, 6.07) is -0.307. The van der Waals surface area contributed by atoms with Crippen molar-refractivity contribution in [3.8, 4) is 0 Å². The number of carbonyl (C=O) groups is 1. The quantitative estimate of drug-likeness (QED) is 0.466. The van der Waals surface area contributed by atoms with Gasteiger partial charge in [-0.3, -0.25) is 10.1 Å². The monoisotopic (exact) mass is 185 g/mol. The number of hydrogen-bond donors (Lipinski definition) is 3. The first-order valence-corrected chi connectivity index (χ1v) is 4.64. The van der Waals surface area contributed by atoms with E-state index in [1.54, 1.807) is 0 Å². The van der Waals surface area contributed by atoms with Crippen molar-refractivity contribution in [2.24, 2.45) is 5.73 Å². The first kappa shape index (κ1) is 8.93. The van der Waals surface area contributed by atoms with Gasteiger partial charge in [0.15, 0.2) is 0 Å². The molecule has 2 saturated heterocycles. The predicted molar refractivity (Wildman–Crippen MR) is 46.9 cm³/mol. The zero-order chi connectivity index (χ0) is 9.31. The smallest absolute Gasteiger partial charge is 0.237 e. The second-order valence-electron chi connectivity index (χ2n) is 3.65. The summed E-state index contributed by atoms with van der Waals surface area (Å²) in [5.74, 6) is -0.324. The van der Waals surface area contributed by atoms with Crippen LogP contribution in [0.15, 0.2) is 0 Å². The van der Waals surface area contributed by atoms with Gasteiger partial charge in [0, 0.05) is 12.8 Å². The molecule has 2 fully saturated rings. The molecule has 0 aromatic rings. The fourth-order valence-corrected chi connectivity index (χ4v) is 1.92. The van der Waals surface area contributed by atoms with E-state index in [2.05, 4.69) is 10.6 Å². The Hall–Kier alpha value is -0.650. The van der Waals surface area contributed by atoms with E-state index in [9.17, 15) is 4.79 Å². The molecule has 2 aliphatic rings. The lowest BCUT2D eigenvalue weighted by atomic mass is 10.0. The van der Waals surface area contributed by atoms with Crippen LogP contribution < -0.4 is 16.4 Å². The molecule has 1 amide bonds. The molecule has 0 aliphatic carbocycles. The molecular formula is C8H15N3O2. The number of nitrogens with one attached hydrogen (secondary N) is 2. The average molecular weight is 185 g/mol. The lowest BCUT2D eigenvalue weighted by molar-refractivity contribution is -0.119. The fraction of sp³-hybridized carbons (Fsp3) is 0.875. The number of rotatable bonds is 1. The molecule has 1 unspecified atom stereocenters. The third kappa shape index (κ3) is 1.67. The second-order valence-corrected chi connectivity index (χ2v) is 3.65. The van der Waals surface area contributed by atoms with Crippen LogP contribution in [-0.4, -0.2) is 37.4 Å². The Bertz CT molecular complexity index is 213. The lowest BCUT2D eigenvalue weighted by Gasteiger charge is -2.33. The average Bonchev–Trinajstić information content (AvgIpc) is 2.51. The van der Waals surface area contributed by atoms with Gasteiger partial charge in [-0.15, -0.1) is 0 Å². The van der Waals surface area contributed by atoms with Crippen LogP contribution in [0, 0.1) is 0 Å². The molecule has 2 heterocycles. The van der Waals surface area contributed by atoms with E-state index in [-0.39, 0.29) is 17.7 Å². The van der Waals surface area contributed by atoms with Gasteiger partial charge in [0.25, 0.3) is 0 Å². The van der Waals surface area contributed by atoms with Crippen molar-refractivity contribution in [2.45, 2.75) is 24.6 Å². The van der Waals surface area contributed by atoms with Crippen molar-refractivity contribution >= 4 is 5.91 Å². The van der Waals surface area contributed by atoms with Crippen LogP contribution in [0.4, 0.5) is 0 Å². The summed E-state index contributed by atoms with van der Waals surface area (Å²) in [6.07, 6.45) is 1.80. The molecule has 2 aliphatic heterocycles. The van der Waals surface area contributed by atoms with Gasteiger partial charge in [-0.25, -0.2) is 0 Å². The van der Waals surface area contributed by atoms with Crippen molar-refractivity contribution in [3.63, 3.8) is 0 Å². The molecule has 5 nitrogen and oxygen atoms in total. The molecule has 0 aromatic carbocycles. The van der Waals surface area contributed by atoms with E-state index < -0.39 is 0 Å². The van der Waals surface area contributed by atoms with Gasteiger partial charge in [0.1, 0.15) is 11.8 Å². The van der Waals surface area contributed by atoms with E-state index in [1.165, 1.54) is 0 Å². The van der Waals surface area contributed by atoms with E-state index in [0.717, 1.165) is 25.9 Å². The standard InChI is InChI=1S/C8H15N3O2/c9-7(12)6-5-13-8(11-6)1-3-10-4-2-8/h6,10-11H,1-5H2,(H2,9,12). The second kappa shape index (κ2) is 3.25. The predicted octanol–water partition coefficient (Wildman–Crippen LogP) is -1.46. The molecule has 13 heavy (non-hydrogen) atoms. The Labute approximate surface area is 77.0 Å². The number of primary amides is 1. The molecule has 74 valence electrons. The van der Waals surface area contributed by atoms with Crippen LogP contribution in [-0.2, 0) is 9.53 Å². The molecule has 1 spiro atoms. The normalized spacial score (nSPS) is 32.2. The summed E-state index contributed by atoms with van der Waals surface area (Å²) in [7, 11) is 0. The Kier molecular flexibility index (Phi) is 2.23. The minimum absolute atomic E-state index is 0.287. The Morgan fingerprint density at radius 3 is 2.69 bits per heavy atom. The van der Waals surface area contributed by atoms with E-state index >= 15 is 0 Å². The molecule has 2 rings (SSSR count). The van der Waals surface area contributed by atoms with Crippen molar-refractivity contribution in [3.05, 3.63) is 0 Å². The maximum Gasteiger partial charge on any atom is 0.237 e. The van der Waals surface area contributed by atoms with Gasteiger partial charge in [0.2, 0.25) is 5.91 Å². The molecule has 0 bridgehead atoms. The van der Waals surface area contributed by atoms with Gasteiger partial charge >= 0.3 is 0 Å². The highest BCUT2D eigenvalue weighted by molar-refractivity contribution is 5.80. The lowest BCUT2D eigenvalue weighted by Crippen LogP contribution is -2.53. The highest BCUT2D eigenvalue weighted by Crippen LogP contribution is 2.25. The topological polar surface area (TPSA) is 76.4 Å². The number of ether oxygens (including phenoxy) is 1. The third-order valence-electron chi connectivity index (χ3n) is 2.72. The number of hydrogen-bond acceptors (Lipinski definition) is 4. The molecule has 4 N–H and O–H groups in total. The molecule has 1 atom stereocenters. The van der Waals surface area contributed by atoms with Crippen molar-refractivity contribution in [1.82, 2.24) is 10.6 Å². The Balaban J connectivity index is 1.98. The SMILES string of the molecule is NC(=O)C1COC2(CCNCC2)N1. The summed E-state index contributed by atoms with van der Waals surface area (Å²) in [5.41, 5.74) is 4.90. The summed E-state index contributed by atoms with van der Waals surface area (Å²) >= 11 is 0. The van der Waals surface area contributed by atoms with Crippen LogP contribution in [0.3, 0.4) is 0 Å². The van der Waals surface area contributed by atoms with E-state index in [1.807, 2.05) is 0 Å². The third-order valence-corrected chi connectivity index (χ3v) is 2.72. The summed E-state index contributed by atoms with van der Waals surface area (Å²) in [5, 5.41) is 6.41. The summed E-state index contributed by atoms with van der Waals surface area (Å²) in [6.45, 7) is 2.27. The van der Waals surface area contributed by atoms with Gasteiger partial charge in [-0.2, -0.15) is 0 Å². The van der Waals surface area contributed by atoms with Crippen molar-refractivity contribution in [2.75, 3.05) is 19.7 Å².